The van der Waals surface area contributed by atoms with Gasteiger partial charge in [0, 0.05) is 40.9 Å². The summed E-state index contributed by atoms with van der Waals surface area (Å²) in [5.41, 5.74) is 2.81. The quantitative estimate of drug-likeness (QED) is 0.112. The third-order valence-electron chi connectivity index (χ3n) is 6.65. The number of benzene rings is 3. The average molecular weight is 680 g/mol. The van der Waals surface area contributed by atoms with E-state index < -0.39 is 25.5 Å². The second-order valence-electron chi connectivity index (χ2n) is 10.0. The van der Waals surface area contributed by atoms with Crippen LogP contribution in [0, 0.1) is 0 Å². The van der Waals surface area contributed by atoms with Crippen molar-refractivity contribution in [3.63, 3.8) is 0 Å². The zero-order valence-corrected chi connectivity index (χ0v) is 27.5. The summed E-state index contributed by atoms with van der Waals surface area (Å²) in [6, 6.07) is 19.7. The zero-order valence-electron chi connectivity index (χ0n) is 25.8. The first-order valence-corrected chi connectivity index (χ1v) is 16.9. The minimum atomic E-state index is -3.28. The van der Waals surface area contributed by atoms with Gasteiger partial charge in [-0.1, -0.05) is 41.9 Å². The lowest BCUT2D eigenvalue weighted by Crippen LogP contribution is -2.44. The summed E-state index contributed by atoms with van der Waals surface area (Å²) in [5.74, 6) is -1.34. The van der Waals surface area contributed by atoms with Crippen molar-refractivity contribution < 1.29 is 28.0 Å². The van der Waals surface area contributed by atoms with Gasteiger partial charge < -0.3 is 25.0 Å². The number of halogens is 1. The van der Waals surface area contributed by atoms with Gasteiger partial charge in [-0.2, -0.15) is 4.68 Å². The zero-order chi connectivity index (χ0) is 33.6. The van der Waals surface area contributed by atoms with E-state index in [0.717, 1.165) is 5.56 Å². The maximum Gasteiger partial charge on any atom is 0.332 e. The van der Waals surface area contributed by atoms with E-state index in [-0.39, 0.29) is 38.2 Å². The van der Waals surface area contributed by atoms with Gasteiger partial charge in [-0.25, -0.2) is 0 Å². The summed E-state index contributed by atoms with van der Waals surface area (Å²) in [6.45, 7) is 4.00. The minimum absolute atomic E-state index is 0.0395. The largest absolute Gasteiger partial charge is 0.351 e. The molecule has 1 heterocycles. The number of nitrogens with one attached hydrogen (secondary N) is 3. The lowest BCUT2D eigenvalue weighted by Gasteiger charge is -2.18. The van der Waals surface area contributed by atoms with Crippen LogP contribution >= 0.6 is 19.2 Å². The van der Waals surface area contributed by atoms with E-state index >= 15 is 0 Å². The molecule has 3 amide bonds. The Bertz CT molecular complexity index is 1710. The van der Waals surface area contributed by atoms with E-state index in [9.17, 15) is 18.9 Å². The van der Waals surface area contributed by atoms with Crippen LogP contribution in [0.25, 0.3) is 11.8 Å². The normalized spacial score (nSPS) is 12.1. The number of tetrazole rings is 1. The number of anilines is 1. The molecule has 0 unspecified atom stereocenters. The number of hydrogen-bond donors (Lipinski definition) is 3. The van der Waals surface area contributed by atoms with Gasteiger partial charge in [-0.15, -0.1) is 5.10 Å². The first-order valence-electron chi connectivity index (χ1n) is 14.8. The van der Waals surface area contributed by atoms with Crippen LogP contribution in [0.15, 0.2) is 85.2 Å². The lowest BCUT2D eigenvalue weighted by atomic mass is 10.0. The van der Waals surface area contributed by atoms with Crippen LogP contribution in [0.2, 0.25) is 5.02 Å². The molecule has 0 aliphatic rings. The fourth-order valence-corrected chi connectivity index (χ4v) is 6.17. The highest BCUT2D eigenvalue weighted by atomic mass is 35.5. The van der Waals surface area contributed by atoms with Crippen LogP contribution in [0.4, 0.5) is 5.69 Å². The lowest BCUT2D eigenvalue weighted by molar-refractivity contribution is -0.123. The molecule has 4 rings (SSSR count). The maximum absolute atomic E-state index is 13.4. The molecule has 3 aromatic carbocycles. The van der Waals surface area contributed by atoms with Crippen LogP contribution in [-0.4, -0.2) is 69.9 Å². The van der Waals surface area contributed by atoms with Crippen LogP contribution in [-0.2, 0) is 29.6 Å². The molecule has 0 spiro atoms. The topological polar surface area (TPSA) is 166 Å². The Morgan fingerprint density at radius 1 is 1.00 bits per heavy atom. The van der Waals surface area contributed by atoms with Crippen molar-refractivity contribution in [1.29, 1.82) is 0 Å². The molecule has 1 atom stereocenters. The Hall–Kier alpha value is -4.68. The van der Waals surface area contributed by atoms with Gasteiger partial charge in [0.05, 0.1) is 25.1 Å². The summed E-state index contributed by atoms with van der Waals surface area (Å²) in [6.07, 6.45) is 4.56. The van der Waals surface area contributed by atoms with Gasteiger partial charge in [-0.3, -0.25) is 18.9 Å². The molecule has 0 fully saturated rings. The highest BCUT2D eigenvalue weighted by molar-refractivity contribution is 7.53. The van der Waals surface area contributed by atoms with Gasteiger partial charge in [0.2, 0.25) is 11.8 Å². The summed E-state index contributed by atoms with van der Waals surface area (Å²) in [7, 11) is -3.28. The Morgan fingerprint density at radius 2 is 1.72 bits per heavy atom. The van der Waals surface area contributed by atoms with Gasteiger partial charge in [-0.05, 0) is 78.4 Å². The number of hydrogen-bond acceptors (Lipinski definition) is 9. The summed E-state index contributed by atoms with van der Waals surface area (Å²) < 4.78 is 24.5. The molecule has 4 aromatic rings. The molecule has 0 radical (unpaired) electrons. The molecule has 1 aromatic heterocycles. The van der Waals surface area contributed by atoms with Crippen LogP contribution in [0.5, 0.6) is 0 Å². The van der Waals surface area contributed by atoms with E-state index in [1.54, 1.807) is 62.4 Å². The maximum atomic E-state index is 13.4. The number of carbonyl (C=O) groups excluding carboxylic acids is 3. The summed E-state index contributed by atoms with van der Waals surface area (Å²) in [4.78, 5) is 39.1. The van der Waals surface area contributed by atoms with Crippen molar-refractivity contribution >= 4 is 48.7 Å². The van der Waals surface area contributed by atoms with Gasteiger partial charge in [0.1, 0.15) is 12.4 Å². The monoisotopic (exact) mass is 679 g/mol. The molecular formula is C32H35ClN7O6P. The fourth-order valence-electron chi connectivity index (χ4n) is 4.49. The van der Waals surface area contributed by atoms with Crippen LogP contribution in [0.3, 0.4) is 0 Å². The Kier molecular flexibility index (Phi) is 12.9. The second-order valence-corrected chi connectivity index (χ2v) is 12.7. The standard InChI is InChI=1S/C32H35ClN7O6P/c1-3-45-47(44,46-4-2)19-18-34-31(42)24-10-14-27(15-11-24)36-32(43)28(20-23-8-6-5-7-9-23)37-30(41)17-12-25-21-26(33)13-16-29(25)40-22-35-38-39-40/h5-17,21-22,28H,3-4,18-20H2,1-2H3,(H,34,42)(H,36,43)(H,37,41)/b17-12+/t28-/m0/s1. The van der Waals surface area contributed by atoms with Crippen molar-refractivity contribution in [3.8, 4) is 5.69 Å². The van der Waals surface area contributed by atoms with Crippen molar-refractivity contribution in [3.05, 3.63) is 107 Å². The van der Waals surface area contributed by atoms with Crippen molar-refractivity contribution in [2.75, 3.05) is 31.2 Å². The van der Waals surface area contributed by atoms with Crippen molar-refractivity contribution in [2.24, 2.45) is 0 Å². The van der Waals surface area contributed by atoms with E-state index in [0.29, 0.717) is 27.5 Å². The van der Waals surface area contributed by atoms with Crippen LogP contribution < -0.4 is 16.0 Å². The summed E-state index contributed by atoms with van der Waals surface area (Å²) >= 11 is 6.18. The number of rotatable bonds is 16. The highest BCUT2D eigenvalue weighted by Crippen LogP contribution is 2.47. The molecular weight excluding hydrogens is 645 g/mol. The molecule has 0 bridgehead atoms. The first kappa shape index (κ1) is 35.2. The van der Waals surface area contributed by atoms with Crippen molar-refractivity contribution in [1.82, 2.24) is 30.8 Å². The van der Waals surface area contributed by atoms with E-state index in [2.05, 4.69) is 31.5 Å². The Labute approximate surface area is 277 Å². The van der Waals surface area contributed by atoms with Crippen molar-refractivity contribution in [2.45, 2.75) is 26.3 Å². The molecule has 0 saturated carbocycles. The fraction of sp³-hybridized carbons (Fsp3) is 0.250. The molecule has 0 saturated heterocycles. The Balaban J connectivity index is 1.41. The third kappa shape index (κ3) is 10.7. The van der Waals surface area contributed by atoms with Gasteiger partial charge in [0.25, 0.3) is 5.91 Å². The highest BCUT2D eigenvalue weighted by Gasteiger charge is 2.24. The molecule has 246 valence electrons. The smallest absolute Gasteiger partial charge is 0.332 e. The SMILES string of the molecule is CCOP(=O)(CCNC(=O)c1ccc(NC(=O)[C@H](Cc2ccccc2)NC(=O)/C=C/c2cc(Cl)ccc2-n2cnnn2)cc1)OCC. The summed E-state index contributed by atoms with van der Waals surface area (Å²) in [5, 5.41) is 20.0. The molecule has 13 nitrogen and oxygen atoms in total. The van der Waals surface area contributed by atoms with Gasteiger partial charge >= 0.3 is 7.60 Å². The Morgan fingerprint density at radius 3 is 2.38 bits per heavy atom. The number of carbonyl (C=O) groups is 3. The molecule has 15 heteroatoms. The van der Waals surface area contributed by atoms with Crippen LogP contribution in [0.1, 0.15) is 35.3 Å². The second kappa shape index (κ2) is 17.3. The van der Waals surface area contributed by atoms with Gasteiger partial charge in [0.15, 0.2) is 0 Å². The van der Waals surface area contributed by atoms with E-state index in [4.69, 9.17) is 20.6 Å². The van der Waals surface area contributed by atoms with E-state index in [1.807, 2.05) is 30.3 Å². The number of amides is 3. The number of nitrogens with zero attached hydrogens (tertiary/aromatic N) is 4. The first-order chi connectivity index (χ1) is 22.7. The number of aromatic nitrogens is 4. The molecule has 0 aliphatic heterocycles. The predicted molar refractivity (Wildman–Crippen MR) is 178 cm³/mol. The minimum Gasteiger partial charge on any atom is -0.351 e. The molecule has 3 N–H and O–H groups in total. The molecule has 0 aliphatic carbocycles. The average Bonchev–Trinajstić information content (AvgIpc) is 3.59. The third-order valence-corrected chi connectivity index (χ3v) is 8.96. The predicted octanol–water partition coefficient (Wildman–Crippen LogP) is 4.69. The van der Waals surface area contributed by atoms with E-state index in [1.165, 1.54) is 17.1 Å². The molecule has 47 heavy (non-hydrogen) atoms.